The molecule has 1 aliphatic rings. The first-order valence-corrected chi connectivity index (χ1v) is 9.05. The molecule has 3 aromatic rings. The van der Waals surface area contributed by atoms with Crippen molar-refractivity contribution >= 4 is 17.2 Å². The summed E-state index contributed by atoms with van der Waals surface area (Å²) in [7, 11) is 0. The molecule has 1 aliphatic heterocycles. The van der Waals surface area contributed by atoms with E-state index in [1.807, 2.05) is 49.4 Å². The summed E-state index contributed by atoms with van der Waals surface area (Å²) in [6.45, 7) is 2.68. The second-order valence-corrected chi connectivity index (χ2v) is 6.29. The molecule has 1 fully saturated rings. The highest BCUT2D eigenvalue weighted by molar-refractivity contribution is 6.06. The van der Waals surface area contributed by atoms with E-state index in [0.29, 0.717) is 12.6 Å². The SMILES string of the molecule is CCOc1ccc(N2C(=Nc3ccccc3)CC2c2ccccc2)cc1. The summed E-state index contributed by atoms with van der Waals surface area (Å²) < 4.78 is 5.58. The zero-order valence-electron chi connectivity index (χ0n) is 14.9. The molecule has 0 aromatic heterocycles. The Morgan fingerprint density at radius 3 is 2.19 bits per heavy atom. The van der Waals surface area contributed by atoms with Crippen molar-refractivity contribution in [1.29, 1.82) is 0 Å². The first-order chi connectivity index (χ1) is 12.8. The number of nitrogens with zero attached hydrogens (tertiary/aromatic N) is 2. The first-order valence-electron chi connectivity index (χ1n) is 9.05. The van der Waals surface area contributed by atoms with Crippen LogP contribution in [0.2, 0.25) is 0 Å². The molecule has 130 valence electrons. The number of ether oxygens (including phenoxy) is 1. The highest BCUT2D eigenvalue weighted by Crippen LogP contribution is 2.40. The van der Waals surface area contributed by atoms with Gasteiger partial charge in [-0.2, -0.15) is 0 Å². The molecule has 26 heavy (non-hydrogen) atoms. The molecule has 0 saturated carbocycles. The Morgan fingerprint density at radius 2 is 1.54 bits per heavy atom. The van der Waals surface area contributed by atoms with Crippen LogP contribution in [-0.4, -0.2) is 12.4 Å². The second kappa shape index (κ2) is 7.44. The largest absolute Gasteiger partial charge is 0.494 e. The van der Waals surface area contributed by atoms with Gasteiger partial charge in [0.2, 0.25) is 0 Å². The molecule has 1 unspecified atom stereocenters. The number of hydrogen-bond donors (Lipinski definition) is 0. The van der Waals surface area contributed by atoms with Crippen molar-refractivity contribution in [3.05, 3.63) is 90.5 Å². The molecule has 0 bridgehead atoms. The molecule has 3 heteroatoms. The summed E-state index contributed by atoms with van der Waals surface area (Å²) in [5, 5.41) is 0. The van der Waals surface area contributed by atoms with E-state index in [2.05, 4.69) is 47.4 Å². The predicted octanol–water partition coefficient (Wildman–Crippen LogP) is 5.77. The molecule has 0 N–H and O–H groups in total. The van der Waals surface area contributed by atoms with Gasteiger partial charge in [0.15, 0.2) is 0 Å². The highest BCUT2D eigenvalue weighted by Gasteiger charge is 2.36. The van der Waals surface area contributed by atoms with Crippen molar-refractivity contribution in [1.82, 2.24) is 0 Å². The smallest absolute Gasteiger partial charge is 0.119 e. The average molecular weight is 342 g/mol. The van der Waals surface area contributed by atoms with Gasteiger partial charge in [-0.1, -0.05) is 48.5 Å². The van der Waals surface area contributed by atoms with Gasteiger partial charge in [0, 0.05) is 12.1 Å². The van der Waals surface area contributed by atoms with E-state index in [1.165, 1.54) is 5.56 Å². The number of para-hydroxylation sites is 1. The zero-order chi connectivity index (χ0) is 17.8. The van der Waals surface area contributed by atoms with Crippen LogP contribution >= 0.6 is 0 Å². The van der Waals surface area contributed by atoms with Gasteiger partial charge in [-0.05, 0) is 48.9 Å². The fourth-order valence-electron chi connectivity index (χ4n) is 3.32. The molecule has 1 heterocycles. The lowest BCUT2D eigenvalue weighted by molar-refractivity contribution is 0.340. The Bertz CT molecular complexity index is 873. The molecule has 1 saturated heterocycles. The molecular weight excluding hydrogens is 320 g/mol. The maximum atomic E-state index is 5.58. The van der Waals surface area contributed by atoms with Crippen LogP contribution in [0.25, 0.3) is 0 Å². The minimum atomic E-state index is 0.316. The Labute approximate surface area is 154 Å². The van der Waals surface area contributed by atoms with Crippen LogP contribution in [0.1, 0.15) is 24.9 Å². The fourth-order valence-corrected chi connectivity index (χ4v) is 3.32. The number of hydrogen-bond acceptors (Lipinski definition) is 2. The van der Waals surface area contributed by atoms with Crippen molar-refractivity contribution in [2.24, 2.45) is 4.99 Å². The summed E-state index contributed by atoms with van der Waals surface area (Å²) in [6.07, 6.45) is 0.937. The van der Waals surface area contributed by atoms with Crippen LogP contribution in [0.4, 0.5) is 11.4 Å². The van der Waals surface area contributed by atoms with E-state index < -0.39 is 0 Å². The van der Waals surface area contributed by atoms with Crippen LogP contribution < -0.4 is 9.64 Å². The summed E-state index contributed by atoms with van der Waals surface area (Å²) >= 11 is 0. The standard InChI is InChI=1S/C23H22N2O/c1-2-26-21-15-13-20(14-16-21)25-22(18-9-5-3-6-10-18)17-23(25)24-19-11-7-4-8-12-19/h3-16,22H,2,17H2,1H3. The van der Waals surface area contributed by atoms with Crippen LogP contribution in [0.3, 0.4) is 0 Å². The quantitative estimate of drug-likeness (QED) is 0.588. The maximum absolute atomic E-state index is 5.58. The molecule has 1 atom stereocenters. The minimum absolute atomic E-state index is 0.316. The number of amidine groups is 1. The van der Waals surface area contributed by atoms with Crippen molar-refractivity contribution in [2.45, 2.75) is 19.4 Å². The van der Waals surface area contributed by atoms with Gasteiger partial charge >= 0.3 is 0 Å². The van der Waals surface area contributed by atoms with Crippen LogP contribution in [-0.2, 0) is 0 Å². The van der Waals surface area contributed by atoms with Gasteiger partial charge in [-0.15, -0.1) is 0 Å². The average Bonchev–Trinajstić information content (AvgIpc) is 2.68. The molecule has 0 amide bonds. The van der Waals surface area contributed by atoms with Gasteiger partial charge in [0.1, 0.15) is 11.6 Å². The molecular formula is C23H22N2O. The van der Waals surface area contributed by atoms with E-state index in [9.17, 15) is 0 Å². The maximum Gasteiger partial charge on any atom is 0.119 e. The molecule has 0 spiro atoms. The third-order valence-corrected chi connectivity index (χ3v) is 4.59. The molecule has 3 nitrogen and oxygen atoms in total. The van der Waals surface area contributed by atoms with Crippen molar-refractivity contribution < 1.29 is 4.74 Å². The van der Waals surface area contributed by atoms with Crippen LogP contribution in [0.15, 0.2) is 89.9 Å². The summed E-state index contributed by atoms with van der Waals surface area (Å²) in [6, 6.07) is 29.4. The van der Waals surface area contributed by atoms with E-state index in [1.54, 1.807) is 0 Å². The second-order valence-electron chi connectivity index (χ2n) is 6.29. The summed E-state index contributed by atoms with van der Waals surface area (Å²) in [4.78, 5) is 7.19. The normalized spacial score (nSPS) is 17.8. The number of rotatable bonds is 5. The van der Waals surface area contributed by atoms with E-state index >= 15 is 0 Å². The Morgan fingerprint density at radius 1 is 0.885 bits per heavy atom. The molecule has 0 radical (unpaired) electrons. The number of aliphatic imine (C=N–C) groups is 1. The van der Waals surface area contributed by atoms with Crippen LogP contribution in [0.5, 0.6) is 5.75 Å². The number of benzene rings is 3. The summed E-state index contributed by atoms with van der Waals surface area (Å²) in [5.74, 6) is 1.99. The topological polar surface area (TPSA) is 24.8 Å². The molecule has 3 aromatic carbocycles. The van der Waals surface area contributed by atoms with Gasteiger partial charge < -0.3 is 9.64 Å². The first kappa shape index (κ1) is 16.4. The number of anilines is 1. The third kappa shape index (κ3) is 3.33. The lowest BCUT2D eigenvalue weighted by Gasteiger charge is -2.44. The lowest BCUT2D eigenvalue weighted by atomic mass is 9.92. The van der Waals surface area contributed by atoms with Gasteiger partial charge in [0.25, 0.3) is 0 Å². The Balaban J connectivity index is 1.67. The Kier molecular flexibility index (Phi) is 4.69. The molecule has 0 aliphatic carbocycles. The van der Waals surface area contributed by atoms with Crippen molar-refractivity contribution in [2.75, 3.05) is 11.5 Å². The molecule has 4 rings (SSSR count). The van der Waals surface area contributed by atoms with Crippen molar-refractivity contribution in [3.63, 3.8) is 0 Å². The van der Waals surface area contributed by atoms with E-state index in [4.69, 9.17) is 9.73 Å². The zero-order valence-corrected chi connectivity index (χ0v) is 14.9. The van der Waals surface area contributed by atoms with Gasteiger partial charge in [-0.3, -0.25) is 0 Å². The van der Waals surface area contributed by atoms with E-state index in [0.717, 1.165) is 29.4 Å². The Hall–Kier alpha value is -3.07. The van der Waals surface area contributed by atoms with Gasteiger partial charge in [0.05, 0.1) is 18.3 Å². The monoisotopic (exact) mass is 342 g/mol. The fraction of sp³-hybridized carbons (Fsp3) is 0.174. The highest BCUT2D eigenvalue weighted by atomic mass is 16.5. The summed E-state index contributed by atoms with van der Waals surface area (Å²) in [5.41, 5.74) is 3.45. The van der Waals surface area contributed by atoms with E-state index in [-0.39, 0.29) is 0 Å². The minimum Gasteiger partial charge on any atom is -0.494 e. The van der Waals surface area contributed by atoms with Crippen LogP contribution in [0, 0.1) is 0 Å². The van der Waals surface area contributed by atoms with Crippen molar-refractivity contribution in [3.8, 4) is 5.75 Å². The predicted molar refractivity (Wildman–Crippen MR) is 107 cm³/mol. The van der Waals surface area contributed by atoms with Gasteiger partial charge in [-0.25, -0.2) is 4.99 Å². The third-order valence-electron chi connectivity index (χ3n) is 4.59. The lowest BCUT2D eigenvalue weighted by Crippen LogP contribution is -2.46.